The standard InChI is InChI=1S/C16H14O3/c1-11-10-15(17)9-8-13(11)5-2-12-3-6-14(7-4-12)16(18)19/h2-10,17H,1H3,(H,18,19)/b5-2+. The van der Waals surface area contributed by atoms with Gasteiger partial charge in [-0.05, 0) is 47.9 Å². The van der Waals surface area contributed by atoms with Gasteiger partial charge in [0, 0.05) is 0 Å². The maximum absolute atomic E-state index is 10.7. The fourth-order valence-electron chi connectivity index (χ4n) is 1.77. The van der Waals surface area contributed by atoms with E-state index in [1.54, 1.807) is 36.4 Å². The summed E-state index contributed by atoms with van der Waals surface area (Å²) < 4.78 is 0. The minimum Gasteiger partial charge on any atom is -0.508 e. The summed E-state index contributed by atoms with van der Waals surface area (Å²) in [6.07, 6.45) is 3.84. The third-order valence-electron chi connectivity index (χ3n) is 2.87. The van der Waals surface area contributed by atoms with E-state index in [0.717, 1.165) is 16.7 Å². The third kappa shape index (κ3) is 3.22. The molecule has 0 aliphatic rings. The number of aromatic hydroxyl groups is 1. The first-order chi connectivity index (χ1) is 9.06. The van der Waals surface area contributed by atoms with E-state index in [4.69, 9.17) is 5.11 Å². The molecule has 2 N–H and O–H groups in total. The second-order valence-corrected chi connectivity index (χ2v) is 4.30. The molecule has 19 heavy (non-hydrogen) atoms. The highest BCUT2D eigenvalue weighted by atomic mass is 16.4. The molecule has 0 aromatic heterocycles. The summed E-state index contributed by atoms with van der Waals surface area (Å²) in [4.78, 5) is 10.7. The lowest BCUT2D eigenvalue weighted by molar-refractivity contribution is 0.0697. The zero-order chi connectivity index (χ0) is 13.8. The van der Waals surface area contributed by atoms with Crippen LogP contribution in [-0.2, 0) is 0 Å². The maximum atomic E-state index is 10.7. The molecule has 0 fully saturated rings. The minimum absolute atomic E-state index is 0.250. The van der Waals surface area contributed by atoms with E-state index in [0.29, 0.717) is 0 Å². The van der Waals surface area contributed by atoms with Gasteiger partial charge in [0.05, 0.1) is 5.56 Å². The molecule has 2 aromatic carbocycles. The van der Waals surface area contributed by atoms with Gasteiger partial charge in [-0.3, -0.25) is 0 Å². The highest BCUT2D eigenvalue weighted by Crippen LogP contribution is 2.18. The summed E-state index contributed by atoms with van der Waals surface area (Å²) in [5, 5.41) is 18.1. The Morgan fingerprint density at radius 1 is 1.05 bits per heavy atom. The van der Waals surface area contributed by atoms with Crippen LogP contribution in [0.25, 0.3) is 12.2 Å². The first-order valence-corrected chi connectivity index (χ1v) is 5.87. The van der Waals surface area contributed by atoms with E-state index in [-0.39, 0.29) is 11.3 Å². The third-order valence-corrected chi connectivity index (χ3v) is 2.87. The van der Waals surface area contributed by atoms with Crippen LogP contribution in [0.15, 0.2) is 42.5 Å². The molecule has 0 aliphatic carbocycles. The number of carboxylic acid groups (broad SMARTS) is 1. The largest absolute Gasteiger partial charge is 0.508 e. The lowest BCUT2D eigenvalue weighted by atomic mass is 10.1. The van der Waals surface area contributed by atoms with E-state index >= 15 is 0 Å². The predicted octanol–water partition coefficient (Wildman–Crippen LogP) is 3.57. The van der Waals surface area contributed by atoms with Crippen molar-refractivity contribution in [2.24, 2.45) is 0 Å². The molecule has 0 saturated carbocycles. The van der Waals surface area contributed by atoms with Gasteiger partial charge in [-0.15, -0.1) is 0 Å². The number of hydrogen-bond acceptors (Lipinski definition) is 2. The van der Waals surface area contributed by atoms with Crippen molar-refractivity contribution in [1.29, 1.82) is 0 Å². The van der Waals surface area contributed by atoms with Gasteiger partial charge in [0.25, 0.3) is 0 Å². The van der Waals surface area contributed by atoms with Crippen LogP contribution < -0.4 is 0 Å². The number of aryl methyl sites for hydroxylation is 1. The first-order valence-electron chi connectivity index (χ1n) is 5.87. The summed E-state index contributed by atoms with van der Waals surface area (Å²) in [6.45, 7) is 1.92. The van der Waals surface area contributed by atoms with Crippen LogP contribution in [0.2, 0.25) is 0 Å². The van der Waals surface area contributed by atoms with Crippen molar-refractivity contribution in [3.8, 4) is 5.75 Å². The zero-order valence-electron chi connectivity index (χ0n) is 10.5. The summed E-state index contributed by atoms with van der Waals surface area (Å²) in [7, 11) is 0. The van der Waals surface area contributed by atoms with Gasteiger partial charge in [0.15, 0.2) is 0 Å². The molecule has 2 aromatic rings. The van der Waals surface area contributed by atoms with Crippen molar-refractivity contribution in [2.45, 2.75) is 6.92 Å². The SMILES string of the molecule is Cc1cc(O)ccc1/C=C/c1ccc(C(=O)O)cc1. The Labute approximate surface area is 111 Å². The molecule has 0 saturated heterocycles. The zero-order valence-corrected chi connectivity index (χ0v) is 10.5. The average Bonchev–Trinajstić information content (AvgIpc) is 2.38. The quantitative estimate of drug-likeness (QED) is 0.823. The van der Waals surface area contributed by atoms with Gasteiger partial charge in [-0.1, -0.05) is 30.4 Å². The van der Waals surface area contributed by atoms with Crippen LogP contribution in [-0.4, -0.2) is 16.2 Å². The van der Waals surface area contributed by atoms with Crippen molar-refractivity contribution in [3.05, 3.63) is 64.7 Å². The van der Waals surface area contributed by atoms with E-state index in [9.17, 15) is 9.90 Å². The Morgan fingerprint density at radius 2 is 1.74 bits per heavy atom. The molecule has 0 atom stereocenters. The van der Waals surface area contributed by atoms with Gasteiger partial charge >= 0.3 is 5.97 Å². The molecule has 0 amide bonds. The van der Waals surface area contributed by atoms with Crippen molar-refractivity contribution in [2.75, 3.05) is 0 Å². The van der Waals surface area contributed by atoms with E-state index in [1.807, 2.05) is 25.1 Å². The van der Waals surface area contributed by atoms with E-state index in [1.165, 1.54) is 0 Å². The van der Waals surface area contributed by atoms with Crippen LogP contribution in [0.4, 0.5) is 0 Å². The van der Waals surface area contributed by atoms with Crippen LogP contribution in [0.3, 0.4) is 0 Å². The summed E-state index contributed by atoms with van der Waals surface area (Å²) in [5.74, 6) is -0.676. The average molecular weight is 254 g/mol. The fourth-order valence-corrected chi connectivity index (χ4v) is 1.77. The Bertz CT molecular complexity index is 625. The summed E-state index contributed by atoms with van der Waals surface area (Å²) >= 11 is 0. The number of carboxylic acids is 1. The molecule has 3 nitrogen and oxygen atoms in total. The van der Waals surface area contributed by atoms with Crippen LogP contribution >= 0.6 is 0 Å². The Kier molecular flexibility index (Phi) is 3.66. The first kappa shape index (κ1) is 12.9. The molecule has 0 radical (unpaired) electrons. The second kappa shape index (κ2) is 5.40. The number of aromatic carboxylic acids is 1. The van der Waals surface area contributed by atoms with Crippen LogP contribution in [0, 0.1) is 6.92 Å². The maximum Gasteiger partial charge on any atom is 0.335 e. The van der Waals surface area contributed by atoms with Gasteiger partial charge in [-0.25, -0.2) is 4.79 Å². The lowest BCUT2D eigenvalue weighted by Crippen LogP contribution is -1.94. The highest BCUT2D eigenvalue weighted by molar-refractivity contribution is 5.88. The molecule has 0 spiro atoms. The molecule has 2 rings (SSSR count). The van der Waals surface area contributed by atoms with Crippen molar-refractivity contribution in [3.63, 3.8) is 0 Å². The normalized spacial score (nSPS) is 10.8. The van der Waals surface area contributed by atoms with Crippen LogP contribution in [0.1, 0.15) is 27.0 Å². The Morgan fingerprint density at radius 3 is 2.32 bits per heavy atom. The van der Waals surface area contributed by atoms with Gasteiger partial charge in [-0.2, -0.15) is 0 Å². The molecule has 96 valence electrons. The second-order valence-electron chi connectivity index (χ2n) is 4.30. The predicted molar refractivity (Wildman–Crippen MR) is 75.2 cm³/mol. The number of rotatable bonds is 3. The molecule has 0 bridgehead atoms. The van der Waals surface area contributed by atoms with Crippen molar-refractivity contribution < 1.29 is 15.0 Å². The highest BCUT2D eigenvalue weighted by Gasteiger charge is 2.00. The van der Waals surface area contributed by atoms with Gasteiger partial charge in [0.1, 0.15) is 5.75 Å². The molecular weight excluding hydrogens is 240 g/mol. The molecular formula is C16H14O3. The van der Waals surface area contributed by atoms with Gasteiger partial charge < -0.3 is 10.2 Å². The monoisotopic (exact) mass is 254 g/mol. The Hall–Kier alpha value is -2.55. The van der Waals surface area contributed by atoms with Crippen molar-refractivity contribution >= 4 is 18.1 Å². The fraction of sp³-hybridized carbons (Fsp3) is 0.0625. The lowest BCUT2D eigenvalue weighted by Gasteiger charge is -2.01. The van der Waals surface area contributed by atoms with E-state index in [2.05, 4.69) is 0 Å². The van der Waals surface area contributed by atoms with Crippen LogP contribution in [0.5, 0.6) is 5.75 Å². The Balaban J connectivity index is 2.20. The number of phenols is 1. The smallest absolute Gasteiger partial charge is 0.335 e. The number of benzene rings is 2. The molecule has 0 aliphatic heterocycles. The number of hydrogen-bond donors (Lipinski definition) is 2. The minimum atomic E-state index is -0.926. The van der Waals surface area contributed by atoms with E-state index < -0.39 is 5.97 Å². The molecule has 0 unspecified atom stereocenters. The number of carbonyl (C=O) groups is 1. The number of phenolic OH excluding ortho intramolecular Hbond substituents is 1. The molecule has 0 heterocycles. The van der Waals surface area contributed by atoms with Gasteiger partial charge in [0.2, 0.25) is 0 Å². The van der Waals surface area contributed by atoms with Crippen molar-refractivity contribution in [1.82, 2.24) is 0 Å². The molecule has 3 heteroatoms. The topological polar surface area (TPSA) is 57.5 Å². The summed E-state index contributed by atoms with van der Waals surface area (Å²) in [6, 6.07) is 11.9. The summed E-state index contributed by atoms with van der Waals surface area (Å²) in [5.41, 5.74) is 3.20.